The first-order valence-electron chi connectivity index (χ1n) is 5.68. The first-order valence-corrected chi connectivity index (χ1v) is 6.43. The van der Waals surface area contributed by atoms with Gasteiger partial charge in [0.25, 0.3) is 0 Å². The van der Waals surface area contributed by atoms with E-state index in [4.69, 9.17) is 38.4 Å². The summed E-state index contributed by atoms with van der Waals surface area (Å²) in [4.78, 5) is 0. The zero-order chi connectivity index (χ0) is 13.2. The zero-order valence-electron chi connectivity index (χ0n) is 10.1. The molecule has 0 bridgehead atoms. The molecule has 1 heterocycles. The maximum atomic E-state index is 6.11. The Hall–Kier alpha value is -0.680. The molecular weight excluding hydrogens is 275 g/mol. The van der Waals surface area contributed by atoms with E-state index in [2.05, 4.69) is 5.32 Å². The van der Waals surface area contributed by atoms with Gasteiger partial charge < -0.3 is 20.5 Å². The van der Waals surface area contributed by atoms with E-state index < -0.39 is 0 Å². The van der Waals surface area contributed by atoms with Crippen molar-refractivity contribution in [2.75, 3.05) is 37.9 Å². The van der Waals surface area contributed by atoms with E-state index in [0.717, 1.165) is 6.42 Å². The third-order valence-corrected chi connectivity index (χ3v) is 3.75. The van der Waals surface area contributed by atoms with E-state index in [-0.39, 0.29) is 5.60 Å². The van der Waals surface area contributed by atoms with Crippen LogP contribution < -0.4 is 11.1 Å². The highest BCUT2D eigenvalue weighted by Gasteiger charge is 2.35. The predicted molar refractivity (Wildman–Crippen MR) is 74.5 cm³/mol. The molecule has 1 saturated heterocycles. The quantitative estimate of drug-likeness (QED) is 0.838. The summed E-state index contributed by atoms with van der Waals surface area (Å²) < 4.78 is 10.9. The molecule has 4 nitrogen and oxygen atoms in total. The van der Waals surface area contributed by atoms with Gasteiger partial charge in [-0.15, -0.1) is 0 Å². The Morgan fingerprint density at radius 1 is 1.44 bits per heavy atom. The molecule has 3 N–H and O–H groups in total. The number of anilines is 2. The van der Waals surface area contributed by atoms with Gasteiger partial charge in [-0.05, 0) is 12.1 Å². The average Bonchev–Trinajstić information content (AvgIpc) is 2.77. The summed E-state index contributed by atoms with van der Waals surface area (Å²) in [5, 5.41) is 4.23. The maximum Gasteiger partial charge on any atom is 0.110 e. The molecule has 100 valence electrons. The second-order valence-corrected chi connectivity index (χ2v) is 5.22. The molecule has 1 aromatic rings. The number of halogens is 2. The van der Waals surface area contributed by atoms with E-state index in [1.807, 2.05) is 0 Å². The minimum Gasteiger partial charge on any atom is -0.399 e. The van der Waals surface area contributed by atoms with Crippen molar-refractivity contribution in [2.24, 2.45) is 0 Å². The van der Waals surface area contributed by atoms with Crippen LogP contribution in [0.3, 0.4) is 0 Å². The van der Waals surface area contributed by atoms with Crippen LogP contribution >= 0.6 is 23.2 Å². The average molecular weight is 291 g/mol. The van der Waals surface area contributed by atoms with Gasteiger partial charge in [0.1, 0.15) is 5.60 Å². The Morgan fingerprint density at radius 2 is 2.11 bits per heavy atom. The van der Waals surface area contributed by atoms with Crippen molar-refractivity contribution in [2.45, 2.75) is 12.0 Å². The molecule has 1 unspecified atom stereocenters. The first kappa shape index (κ1) is 13.7. The van der Waals surface area contributed by atoms with Crippen LogP contribution in [0.15, 0.2) is 12.1 Å². The molecule has 0 radical (unpaired) electrons. The molecule has 18 heavy (non-hydrogen) atoms. The van der Waals surface area contributed by atoms with Crippen LogP contribution in [0.5, 0.6) is 0 Å². The number of nitrogens with one attached hydrogen (secondary N) is 1. The highest BCUT2D eigenvalue weighted by Crippen LogP contribution is 2.34. The van der Waals surface area contributed by atoms with E-state index in [1.165, 1.54) is 0 Å². The van der Waals surface area contributed by atoms with Crippen molar-refractivity contribution in [1.82, 2.24) is 0 Å². The summed E-state index contributed by atoms with van der Waals surface area (Å²) in [5.74, 6) is 0. The van der Waals surface area contributed by atoms with E-state index in [9.17, 15) is 0 Å². The Balaban J connectivity index is 2.10. The number of nitrogens with two attached hydrogens (primary N) is 1. The Labute approximate surface area is 116 Å². The van der Waals surface area contributed by atoms with Crippen LogP contribution in [-0.4, -0.2) is 32.5 Å². The van der Waals surface area contributed by atoms with Crippen molar-refractivity contribution in [3.8, 4) is 0 Å². The van der Waals surface area contributed by atoms with Gasteiger partial charge >= 0.3 is 0 Å². The van der Waals surface area contributed by atoms with Crippen LogP contribution in [0, 0.1) is 0 Å². The third-order valence-electron chi connectivity index (χ3n) is 3.15. The third kappa shape index (κ3) is 2.83. The van der Waals surface area contributed by atoms with Crippen molar-refractivity contribution >= 4 is 34.6 Å². The summed E-state index contributed by atoms with van der Waals surface area (Å²) in [7, 11) is 1.68. The van der Waals surface area contributed by atoms with Crippen molar-refractivity contribution in [3.05, 3.63) is 22.2 Å². The molecule has 0 aromatic heterocycles. The summed E-state index contributed by atoms with van der Waals surface area (Å²) >= 11 is 12.2. The van der Waals surface area contributed by atoms with Crippen molar-refractivity contribution in [1.29, 1.82) is 0 Å². The van der Waals surface area contributed by atoms with Crippen molar-refractivity contribution < 1.29 is 9.47 Å². The Bertz CT molecular complexity index is 411. The number of nitrogen functional groups attached to an aromatic ring is 1. The highest BCUT2D eigenvalue weighted by atomic mass is 35.5. The number of ether oxygens (including phenoxy) is 2. The highest BCUT2D eigenvalue weighted by molar-refractivity contribution is 6.39. The van der Waals surface area contributed by atoms with Crippen molar-refractivity contribution in [3.63, 3.8) is 0 Å². The lowest BCUT2D eigenvalue weighted by Crippen LogP contribution is -2.39. The molecule has 1 aliphatic rings. The number of hydrogen-bond donors (Lipinski definition) is 2. The van der Waals surface area contributed by atoms with Gasteiger partial charge in [-0.2, -0.15) is 0 Å². The molecule has 0 spiro atoms. The van der Waals surface area contributed by atoms with Crippen LogP contribution in [0.25, 0.3) is 0 Å². The van der Waals surface area contributed by atoms with Gasteiger partial charge in [-0.1, -0.05) is 23.2 Å². The molecule has 1 fully saturated rings. The van der Waals surface area contributed by atoms with Crippen LogP contribution in [0.4, 0.5) is 11.4 Å². The largest absolute Gasteiger partial charge is 0.399 e. The molecule has 6 heteroatoms. The zero-order valence-corrected chi connectivity index (χ0v) is 11.6. The molecule has 1 atom stereocenters. The minimum atomic E-state index is -0.311. The monoisotopic (exact) mass is 290 g/mol. The number of benzene rings is 1. The number of rotatable bonds is 4. The SMILES string of the molecule is COC1(CNc2c(Cl)cc(N)cc2Cl)CCOC1. The summed E-state index contributed by atoms with van der Waals surface area (Å²) in [6, 6.07) is 3.33. The van der Waals surface area contributed by atoms with E-state index in [1.54, 1.807) is 19.2 Å². The first-order chi connectivity index (χ1) is 8.56. The summed E-state index contributed by atoms with van der Waals surface area (Å²) in [6.07, 6.45) is 0.848. The van der Waals surface area contributed by atoms with Gasteiger partial charge in [-0.25, -0.2) is 0 Å². The summed E-state index contributed by atoms with van der Waals surface area (Å²) in [5.41, 5.74) is 6.57. The smallest absolute Gasteiger partial charge is 0.110 e. The van der Waals surface area contributed by atoms with E-state index in [0.29, 0.717) is 41.2 Å². The minimum absolute atomic E-state index is 0.311. The lowest BCUT2D eigenvalue weighted by Gasteiger charge is -2.27. The maximum absolute atomic E-state index is 6.11. The lowest BCUT2D eigenvalue weighted by molar-refractivity contribution is -0.00619. The Morgan fingerprint density at radius 3 is 2.61 bits per heavy atom. The van der Waals surface area contributed by atoms with Gasteiger partial charge in [0.15, 0.2) is 0 Å². The molecule has 0 amide bonds. The second kappa shape index (κ2) is 5.53. The van der Waals surface area contributed by atoms with Crippen LogP contribution in [0.2, 0.25) is 10.0 Å². The fraction of sp³-hybridized carbons (Fsp3) is 0.500. The summed E-state index contributed by atoms with van der Waals surface area (Å²) in [6.45, 7) is 1.87. The van der Waals surface area contributed by atoms with Crippen LogP contribution in [-0.2, 0) is 9.47 Å². The lowest BCUT2D eigenvalue weighted by atomic mass is 10.0. The predicted octanol–water partition coefficient (Wildman–Crippen LogP) is 2.79. The fourth-order valence-corrected chi connectivity index (χ4v) is 2.61. The topological polar surface area (TPSA) is 56.5 Å². The number of hydrogen-bond acceptors (Lipinski definition) is 4. The second-order valence-electron chi connectivity index (χ2n) is 4.40. The number of methoxy groups -OCH3 is 1. The van der Waals surface area contributed by atoms with Gasteiger partial charge in [0.05, 0.1) is 22.3 Å². The van der Waals surface area contributed by atoms with E-state index >= 15 is 0 Å². The standard InChI is InChI=1S/C12H16Cl2N2O2/c1-17-12(2-3-18-7-12)6-16-11-9(13)4-8(15)5-10(11)14/h4-5,16H,2-3,6-7,15H2,1H3. The van der Waals surface area contributed by atoms with Gasteiger partial charge in [-0.3, -0.25) is 0 Å². The van der Waals surface area contributed by atoms with Gasteiger partial charge in [0.2, 0.25) is 0 Å². The van der Waals surface area contributed by atoms with Crippen LogP contribution in [0.1, 0.15) is 6.42 Å². The Kier molecular flexibility index (Phi) is 4.22. The molecule has 2 rings (SSSR count). The fourth-order valence-electron chi connectivity index (χ4n) is 1.97. The molecule has 1 aromatic carbocycles. The molecule has 1 aliphatic heterocycles. The molecule has 0 saturated carbocycles. The molecular formula is C12H16Cl2N2O2. The normalized spacial score (nSPS) is 23.3. The molecule has 0 aliphatic carbocycles. The van der Waals surface area contributed by atoms with Gasteiger partial charge in [0, 0.05) is 32.4 Å².